The van der Waals surface area contributed by atoms with Crippen LogP contribution in [0.15, 0.2) is 78.0 Å². The standard InChI is InChI=1S/C21H20N2O2/c1-25-16-9-7-14(8-10-16)13-18-17(11-12-19(22)20(18)23)21(24)15-5-3-2-4-6-15/h2-12,18,23H,13,22H2,1H3. The van der Waals surface area contributed by atoms with E-state index < -0.39 is 0 Å². The molecule has 2 aromatic rings. The molecule has 4 heteroatoms. The molecular formula is C21H20N2O2. The van der Waals surface area contributed by atoms with Gasteiger partial charge < -0.3 is 15.9 Å². The Kier molecular flexibility index (Phi) is 4.80. The van der Waals surface area contributed by atoms with Crippen molar-refractivity contribution in [2.24, 2.45) is 11.7 Å². The second kappa shape index (κ2) is 7.18. The largest absolute Gasteiger partial charge is 0.497 e. The highest BCUT2D eigenvalue weighted by Gasteiger charge is 2.29. The van der Waals surface area contributed by atoms with Crippen molar-refractivity contribution in [3.8, 4) is 5.75 Å². The number of ketones is 1. The number of ether oxygens (including phenoxy) is 1. The van der Waals surface area contributed by atoms with Crippen LogP contribution >= 0.6 is 0 Å². The van der Waals surface area contributed by atoms with Crippen LogP contribution < -0.4 is 10.5 Å². The molecule has 1 aliphatic carbocycles. The second-order valence-electron chi connectivity index (χ2n) is 5.96. The van der Waals surface area contributed by atoms with E-state index >= 15 is 0 Å². The minimum Gasteiger partial charge on any atom is -0.497 e. The lowest BCUT2D eigenvalue weighted by atomic mass is 9.80. The molecule has 0 amide bonds. The number of rotatable bonds is 5. The van der Waals surface area contributed by atoms with Gasteiger partial charge in [-0.15, -0.1) is 0 Å². The highest BCUT2D eigenvalue weighted by Crippen LogP contribution is 2.28. The Balaban J connectivity index is 1.91. The maximum atomic E-state index is 12.9. The van der Waals surface area contributed by atoms with Crippen LogP contribution in [0.5, 0.6) is 5.75 Å². The third-order valence-electron chi connectivity index (χ3n) is 4.37. The molecule has 3 rings (SSSR count). The van der Waals surface area contributed by atoms with Crippen molar-refractivity contribution in [2.75, 3.05) is 7.11 Å². The van der Waals surface area contributed by atoms with Crippen LogP contribution in [0.25, 0.3) is 0 Å². The zero-order chi connectivity index (χ0) is 17.8. The van der Waals surface area contributed by atoms with Crippen LogP contribution in [0.3, 0.4) is 0 Å². The van der Waals surface area contributed by atoms with Gasteiger partial charge in [0.15, 0.2) is 5.78 Å². The van der Waals surface area contributed by atoms with Gasteiger partial charge in [0.25, 0.3) is 0 Å². The van der Waals surface area contributed by atoms with Crippen molar-refractivity contribution in [3.05, 3.63) is 89.1 Å². The van der Waals surface area contributed by atoms with Gasteiger partial charge in [0, 0.05) is 17.1 Å². The van der Waals surface area contributed by atoms with E-state index in [1.54, 1.807) is 31.4 Å². The summed E-state index contributed by atoms with van der Waals surface area (Å²) in [7, 11) is 1.62. The molecule has 25 heavy (non-hydrogen) atoms. The summed E-state index contributed by atoms with van der Waals surface area (Å²) in [5.74, 6) is 0.358. The maximum absolute atomic E-state index is 12.9. The first-order valence-electron chi connectivity index (χ1n) is 8.09. The number of benzene rings is 2. The summed E-state index contributed by atoms with van der Waals surface area (Å²) in [5, 5.41) is 8.35. The molecule has 0 radical (unpaired) electrons. The van der Waals surface area contributed by atoms with Crippen LogP contribution in [0, 0.1) is 11.3 Å². The van der Waals surface area contributed by atoms with Crippen molar-refractivity contribution < 1.29 is 9.53 Å². The van der Waals surface area contributed by atoms with Crippen molar-refractivity contribution in [2.45, 2.75) is 6.42 Å². The average molecular weight is 332 g/mol. The van der Waals surface area contributed by atoms with E-state index in [2.05, 4.69) is 0 Å². The molecule has 1 atom stereocenters. The molecule has 1 aliphatic rings. The summed E-state index contributed by atoms with van der Waals surface area (Å²) in [6.07, 6.45) is 3.93. The first-order valence-corrected chi connectivity index (χ1v) is 8.09. The number of hydrogen-bond acceptors (Lipinski definition) is 4. The number of nitrogens with two attached hydrogens (primary N) is 1. The lowest BCUT2D eigenvalue weighted by molar-refractivity contribution is 0.102. The Labute approximate surface area is 147 Å². The van der Waals surface area contributed by atoms with Gasteiger partial charge in [-0.1, -0.05) is 48.5 Å². The number of allylic oxidation sites excluding steroid dienone is 4. The van der Waals surface area contributed by atoms with Crippen molar-refractivity contribution in [3.63, 3.8) is 0 Å². The van der Waals surface area contributed by atoms with Gasteiger partial charge in [-0.05, 0) is 30.2 Å². The first kappa shape index (κ1) is 16.7. The second-order valence-corrected chi connectivity index (χ2v) is 5.96. The van der Waals surface area contributed by atoms with E-state index in [1.807, 2.05) is 42.5 Å². The number of carbonyl (C=O) groups excluding carboxylic acids is 1. The van der Waals surface area contributed by atoms with Gasteiger partial charge in [-0.25, -0.2) is 0 Å². The van der Waals surface area contributed by atoms with E-state index in [0.717, 1.165) is 11.3 Å². The summed E-state index contributed by atoms with van der Waals surface area (Å²) >= 11 is 0. The normalized spacial score (nSPS) is 16.8. The minimum absolute atomic E-state index is 0.0624. The smallest absolute Gasteiger partial charge is 0.189 e. The summed E-state index contributed by atoms with van der Waals surface area (Å²) < 4.78 is 5.18. The number of carbonyl (C=O) groups is 1. The van der Waals surface area contributed by atoms with E-state index in [1.165, 1.54) is 0 Å². The Morgan fingerprint density at radius 2 is 1.76 bits per heavy atom. The number of methoxy groups -OCH3 is 1. The SMILES string of the molecule is COc1ccc(CC2C(=N)C(N)=CC=C2C(=O)c2ccccc2)cc1. The number of hydrogen-bond donors (Lipinski definition) is 2. The van der Waals surface area contributed by atoms with Gasteiger partial charge in [0.05, 0.1) is 18.5 Å². The molecular weight excluding hydrogens is 312 g/mol. The molecule has 0 saturated carbocycles. The van der Waals surface area contributed by atoms with Crippen LogP contribution in [0.2, 0.25) is 0 Å². The molecule has 0 aromatic heterocycles. The highest BCUT2D eigenvalue weighted by molar-refractivity contribution is 6.16. The van der Waals surface area contributed by atoms with E-state index in [0.29, 0.717) is 23.3 Å². The van der Waals surface area contributed by atoms with Crippen LogP contribution in [-0.2, 0) is 6.42 Å². The van der Waals surface area contributed by atoms with E-state index in [9.17, 15) is 4.79 Å². The molecule has 0 bridgehead atoms. The number of Topliss-reactive ketones (excluding diaryl/α,β-unsaturated/α-hetero) is 1. The quantitative estimate of drug-likeness (QED) is 0.822. The molecule has 0 spiro atoms. The zero-order valence-electron chi connectivity index (χ0n) is 14.0. The molecule has 126 valence electrons. The summed E-state index contributed by atoms with van der Waals surface area (Å²) in [4.78, 5) is 12.9. The Morgan fingerprint density at radius 1 is 1.08 bits per heavy atom. The minimum atomic E-state index is -0.355. The lowest BCUT2D eigenvalue weighted by Gasteiger charge is -2.24. The van der Waals surface area contributed by atoms with E-state index in [4.69, 9.17) is 15.9 Å². The van der Waals surface area contributed by atoms with Crippen molar-refractivity contribution >= 4 is 11.5 Å². The molecule has 0 saturated heterocycles. The predicted molar refractivity (Wildman–Crippen MR) is 99.0 cm³/mol. The lowest BCUT2D eigenvalue weighted by Crippen LogP contribution is -2.30. The molecule has 0 fully saturated rings. The highest BCUT2D eigenvalue weighted by atomic mass is 16.5. The van der Waals surface area contributed by atoms with E-state index in [-0.39, 0.29) is 17.4 Å². The van der Waals surface area contributed by atoms with Gasteiger partial charge in [-0.2, -0.15) is 0 Å². The molecule has 3 N–H and O–H groups in total. The van der Waals surface area contributed by atoms with Gasteiger partial charge in [-0.3, -0.25) is 4.79 Å². The van der Waals surface area contributed by atoms with Gasteiger partial charge in [0.1, 0.15) is 5.75 Å². The topological polar surface area (TPSA) is 76.2 Å². The fourth-order valence-electron chi connectivity index (χ4n) is 2.94. The molecule has 1 unspecified atom stereocenters. The summed E-state index contributed by atoms with van der Waals surface area (Å²) in [5.41, 5.74) is 8.87. The monoisotopic (exact) mass is 332 g/mol. The molecule has 0 heterocycles. The molecule has 2 aromatic carbocycles. The van der Waals surface area contributed by atoms with Crippen LogP contribution in [0.1, 0.15) is 15.9 Å². The van der Waals surface area contributed by atoms with Crippen molar-refractivity contribution in [1.82, 2.24) is 0 Å². The van der Waals surface area contributed by atoms with Crippen molar-refractivity contribution in [1.29, 1.82) is 5.41 Å². The Bertz CT molecular complexity index is 849. The third kappa shape index (κ3) is 3.53. The maximum Gasteiger partial charge on any atom is 0.189 e. The zero-order valence-corrected chi connectivity index (χ0v) is 14.0. The van der Waals surface area contributed by atoms with Crippen LogP contribution in [0.4, 0.5) is 0 Å². The molecule has 4 nitrogen and oxygen atoms in total. The Morgan fingerprint density at radius 3 is 2.40 bits per heavy atom. The third-order valence-corrected chi connectivity index (χ3v) is 4.37. The first-order chi connectivity index (χ1) is 12.1. The summed E-state index contributed by atoms with van der Waals surface area (Å²) in [6.45, 7) is 0. The number of nitrogens with one attached hydrogen (secondary N) is 1. The van der Waals surface area contributed by atoms with Crippen LogP contribution in [-0.4, -0.2) is 18.6 Å². The Hall–Kier alpha value is -3.14. The molecule has 0 aliphatic heterocycles. The summed E-state index contributed by atoms with van der Waals surface area (Å²) in [6, 6.07) is 16.8. The van der Waals surface area contributed by atoms with Gasteiger partial charge in [0.2, 0.25) is 0 Å². The predicted octanol–water partition coefficient (Wildman–Crippen LogP) is 3.54. The van der Waals surface area contributed by atoms with Gasteiger partial charge >= 0.3 is 0 Å². The average Bonchev–Trinajstić information content (AvgIpc) is 2.66. The fraction of sp³-hybridized carbons (Fsp3) is 0.143. The fourth-order valence-corrected chi connectivity index (χ4v) is 2.94.